The van der Waals surface area contributed by atoms with Crippen LogP contribution in [0, 0.1) is 0 Å². The van der Waals surface area contributed by atoms with Gasteiger partial charge < -0.3 is 15.2 Å². The number of aromatic nitrogens is 2. The third kappa shape index (κ3) is 2.85. The molecule has 0 fully saturated rings. The van der Waals surface area contributed by atoms with E-state index in [1.165, 1.54) is 0 Å². The molecule has 0 spiro atoms. The van der Waals surface area contributed by atoms with Gasteiger partial charge in [-0.25, -0.2) is 0 Å². The number of hydrogen-bond donors (Lipinski definition) is 1. The largest absolute Gasteiger partial charge is 0.493 e. The Balaban J connectivity index is 2.31. The second-order valence-electron chi connectivity index (χ2n) is 3.15. The summed E-state index contributed by atoms with van der Waals surface area (Å²) in [4.78, 5) is 8.02. The molecule has 0 bridgehead atoms. The van der Waals surface area contributed by atoms with Gasteiger partial charge in [0.1, 0.15) is 10.4 Å². The lowest BCUT2D eigenvalue weighted by Crippen LogP contribution is -1.98. The molecule has 88 valence electrons. The minimum absolute atomic E-state index is 0.168. The fourth-order valence-electron chi connectivity index (χ4n) is 1.26. The summed E-state index contributed by atoms with van der Waals surface area (Å²) in [5.41, 5.74) is 5.59. The molecule has 0 radical (unpaired) electrons. The third-order valence-electron chi connectivity index (χ3n) is 1.96. The van der Waals surface area contributed by atoms with Gasteiger partial charge >= 0.3 is 6.01 Å². The van der Waals surface area contributed by atoms with E-state index in [4.69, 9.17) is 15.2 Å². The van der Waals surface area contributed by atoms with Crippen LogP contribution in [0.15, 0.2) is 34.9 Å². The van der Waals surface area contributed by atoms with Crippen molar-refractivity contribution in [2.45, 2.75) is 0 Å². The molecule has 2 N–H and O–H groups in total. The van der Waals surface area contributed by atoms with Crippen LogP contribution in [0.25, 0.3) is 0 Å². The maximum Gasteiger partial charge on any atom is 0.325 e. The SMILES string of the molecule is COc1ccccc1Oc1nc(N)cc(Br)n1. The lowest BCUT2D eigenvalue weighted by atomic mass is 10.3. The minimum atomic E-state index is 0.168. The number of nitrogens with two attached hydrogens (primary N) is 1. The summed E-state index contributed by atoms with van der Waals surface area (Å²) in [6.45, 7) is 0. The zero-order chi connectivity index (χ0) is 12.3. The van der Waals surface area contributed by atoms with Gasteiger partial charge in [-0.3, -0.25) is 0 Å². The van der Waals surface area contributed by atoms with Gasteiger partial charge in [-0.05, 0) is 28.1 Å². The van der Waals surface area contributed by atoms with Crippen LogP contribution in [0.5, 0.6) is 17.5 Å². The van der Waals surface area contributed by atoms with E-state index in [0.29, 0.717) is 21.9 Å². The first-order valence-electron chi connectivity index (χ1n) is 4.80. The summed E-state index contributed by atoms with van der Waals surface area (Å²) in [6.07, 6.45) is 0. The minimum Gasteiger partial charge on any atom is -0.493 e. The Morgan fingerprint density at radius 2 is 1.88 bits per heavy atom. The summed E-state index contributed by atoms with van der Waals surface area (Å²) < 4.78 is 11.2. The quantitative estimate of drug-likeness (QED) is 0.882. The number of methoxy groups -OCH3 is 1. The van der Waals surface area contributed by atoms with E-state index >= 15 is 0 Å². The van der Waals surface area contributed by atoms with Gasteiger partial charge in [0.2, 0.25) is 0 Å². The highest BCUT2D eigenvalue weighted by Gasteiger charge is 2.07. The van der Waals surface area contributed by atoms with E-state index < -0.39 is 0 Å². The second-order valence-corrected chi connectivity index (χ2v) is 3.96. The molecule has 0 aliphatic carbocycles. The van der Waals surface area contributed by atoms with Gasteiger partial charge in [0.05, 0.1) is 7.11 Å². The fourth-order valence-corrected chi connectivity index (χ4v) is 1.65. The van der Waals surface area contributed by atoms with Crippen LogP contribution < -0.4 is 15.2 Å². The number of nitrogens with zero attached hydrogens (tertiary/aromatic N) is 2. The van der Waals surface area contributed by atoms with E-state index in [-0.39, 0.29) is 6.01 Å². The number of para-hydroxylation sites is 2. The highest BCUT2D eigenvalue weighted by molar-refractivity contribution is 9.10. The molecule has 17 heavy (non-hydrogen) atoms. The molecular weight excluding hydrogens is 286 g/mol. The normalized spacial score (nSPS) is 10.0. The molecular formula is C11H10BrN3O2. The summed E-state index contributed by atoms with van der Waals surface area (Å²) in [7, 11) is 1.57. The Labute approximate surface area is 107 Å². The first-order valence-corrected chi connectivity index (χ1v) is 5.59. The van der Waals surface area contributed by atoms with E-state index in [9.17, 15) is 0 Å². The predicted molar refractivity (Wildman–Crippen MR) is 67.2 cm³/mol. The number of rotatable bonds is 3. The van der Waals surface area contributed by atoms with Crippen molar-refractivity contribution in [3.8, 4) is 17.5 Å². The molecule has 2 aromatic rings. The molecule has 0 saturated carbocycles. The van der Waals surface area contributed by atoms with Crippen molar-refractivity contribution in [1.29, 1.82) is 0 Å². The number of hydrogen-bond acceptors (Lipinski definition) is 5. The lowest BCUT2D eigenvalue weighted by molar-refractivity contribution is 0.368. The van der Waals surface area contributed by atoms with Gasteiger partial charge in [-0.2, -0.15) is 9.97 Å². The van der Waals surface area contributed by atoms with Crippen LogP contribution in [0.3, 0.4) is 0 Å². The molecule has 1 aromatic heterocycles. The number of ether oxygens (including phenoxy) is 2. The van der Waals surface area contributed by atoms with Crippen LogP contribution in [0.4, 0.5) is 5.82 Å². The summed E-state index contributed by atoms with van der Waals surface area (Å²) in [5, 5.41) is 0. The number of nitrogen functional groups attached to an aromatic ring is 1. The molecule has 0 unspecified atom stereocenters. The van der Waals surface area contributed by atoms with Crippen LogP contribution in [0.1, 0.15) is 0 Å². The monoisotopic (exact) mass is 295 g/mol. The molecule has 1 heterocycles. The molecule has 2 rings (SSSR count). The van der Waals surface area contributed by atoms with Crippen molar-refractivity contribution in [2.75, 3.05) is 12.8 Å². The first kappa shape index (κ1) is 11.7. The fraction of sp³-hybridized carbons (Fsp3) is 0.0909. The third-order valence-corrected chi connectivity index (χ3v) is 2.37. The Kier molecular flexibility index (Phi) is 3.43. The highest BCUT2D eigenvalue weighted by Crippen LogP contribution is 2.29. The van der Waals surface area contributed by atoms with Crippen LogP contribution in [-0.2, 0) is 0 Å². The average molecular weight is 296 g/mol. The number of halogens is 1. The Bertz CT molecular complexity index is 514. The maximum atomic E-state index is 5.59. The zero-order valence-electron chi connectivity index (χ0n) is 9.05. The summed E-state index contributed by atoms with van der Waals surface area (Å²) >= 11 is 3.22. The zero-order valence-corrected chi connectivity index (χ0v) is 10.6. The average Bonchev–Trinajstić information content (AvgIpc) is 2.28. The first-order chi connectivity index (χ1) is 8.19. The second kappa shape index (κ2) is 5.01. The molecule has 0 aliphatic heterocycles. The van der Waals surface area contributed by atoms with Crippen LogP contribution in [0.2, 0.25) is 0 Å². The van der Waals surface area contributed by atoms with Crippen molar-refractivity contribution in [1.82, 2.24) is 9.97 Å². The van der Waals surface area contributed by atoms with E-state index in [1.54, 1.807) is 25.3 Å². The highest BCUT2D eigenvalue weighted by atomic mass is 79.9. The Hall–Kier alpha value is -1.82. The number of anilines is 1. The van der Waals surface area contributed by atoms with Gasteiger partial charge in [-0.15, -0.1) is 0 Å². The molecule has 5 nitrogen and oxygen atoms in total. The molecule has 0 atom stereocenters. The molecule has 0 saturated heterocycles. The van der Waals surface area contributed by atoms with Crippen LogP contribution in [-0.4, -0.2) is 17.1 Å². The van der Waals surface area contributed by atoms with Crippen molar-refractivity contribution >= 4 is 21.7 Å². The predicted octanol–water partition coefficient (Wildman–Crippen LogP) is 2.62. The standard InChI is InChI=1S/C11H10BrN3O2/c1-16-7-4-2-3-5-8(7)17-11-14-9(12)6-10(13)15-11/h2-6H,1H3,(H2,13,14,15). The topological polar surface area (TPSA) is 70.3 Å². The molecule has 6 heteroatoms. The van der Waals surface area contributed by atoms with Crippen LogP contribution >= 0.6 is 15.9 Å². The van der Waals surface area contributed by atoms with Crippen molar-refractivity contribution in [2.24, 2.45) is 0 Å². The van der Waals surface area contributed by atoms with E-state index in [1.807, 2.05) is 12.1 Å². The molecule has 0 amide bonds. The van der Waals surface area contributed by atoms with E-state index in [0.717, 1.165) is 0 Å². The van der Waals surface area contributed by atoms with E-state index in [2.05, 4.69) is 25.9 Å². The summed E-state index contributed by atoms with van der Waals surface area (Å²) in [6, 6.07) is 8.99. The van der Waals surface area contributed by atoms with Gasteiger partial charge in [0, 0.05) is 6.07 Å². The lowest BCUT2D eigenvalue weighted by Gasteiger charge is -2.08. The maximum absolute atomic E-state index is 5.59. The summed E-state index contributed by atoms with van der Waals surface area (Å²) in [5.74, 6) is 1.47. The van der Waals surface area contributed by atoms with Crippen molar-refractivity contribution < 1.29 is 9.47 Å². The van der Waals surface area contributed by atoms with Crippen molar-refractivity contribution in [3.05, 3.63) is 34.9 Å². The van der Waals surface area contributed by atoms with Gasteiger partial charge in [-0.1, -0.05) is 12.1 Å². The van der Waals surface area contributed by atoms with Gasteiger partial charge in [0.15, 0.2) is 11.5 Å². The molecule has 1 aromatic carbocycles. The Morgan fingerprint density at radius 1 is 1.18 bits per heavy atom. The van der Waals surface area contributed by atoms with Gasteiger partial charge in [0.25, 0.3) is 0 Å². The number of benzene rings is 1. The smallest absolute Gasteiger partial charge is 0.325 e. The van der Waals surface area contributed by atoms with Crippen molar-refractivity contribution in [3.63, 3.8) is 0 Å². The molecule has 0 aliphatic rings. The Morgan fingerprint density at radius 3 is 2.53 bits per heavy atom.